The van der Waals surface area contributed by atoms with Crippen molar-refractivity contribution in [1.82, 2.24) is 9.88 Å². The Kier molecular flexibility index (Phi) is 3.83. The largest absolute Gasteiger partial charge is 0.480 e. The fourth-order valence-corrected chi connectivity index (χ4v) is 1.98. The zero-order chi connectivity index (χ0) is 12.3. The summed E-state index contributed by atoms with van der Waals surface area (Å²) in [5, 5.41) is 12.8. The molecule has 1 atom stereocenters. The average molecular weight is 244 g/mol. The predicted octanol–water partition coefficient (Wildman–Crippen LogP) is -0.192. The van der Waals surface area contributed by atoms with Gasteiger partial charge in [-0.1, -0.05) is 11.3 Å². The molecule has 0 saturated carbocycles. The molecule has 2 N–H and O–H groups in total. The van der Waals surface area contributed by atoms with Crippen LogP contribution in [0.25, 0.3) is 0 Å². The molecule has 0 aliphatic heterocycles. The quantitative estimate of drug-likeness (QED) is 0.768. The SMILES string of the molecule is CC(=O)NC(Cn1c(C)csc1=O)C(=O)O. The summed E-state index contributed by atoms with van der Waals surface area (Å²) in [6.07, 6.45) is 0. The van der Waals surface area contributed by atoms with Crippen LogP contribution in [0, 0.1) is 6.92 Å². The Morgan fingerprint density at radius 3 is 2.62 bits per heavy atom. The Labute approximate surface area is 95.5 Å². The number of amides is 1. The summed E-state index contributed by atoms with van der Waals surface area (Å²) in [4.78, 5) is 32.8. The Morgan fingerprint density at radius 2 is 2.25 bits per heavy atom. The van der Waals surface area contributed by atoms with E-state index in [2.05, 4.69) is 5.32 Å². The summed E-state index contributed by atoms with van der Waals surface area (Å²) in [7, 11) is 0. The molecule has 6 nitrogen and oxygen atoms in total. The lowest BCUT2D eigenvalue weighted by molar-refractivity contribution is -0.141. The first kappa shape index (κ1) is 12.4. The molecule has 1 rings (SSSR count). The highest BCUT2D eigenvalue weighted by Crippen LogP contribution is 2.01. The number of carboxylic acids is 1. The highest BCUT2D eigenvalue weighted by molar-refractivity contribution is 7.07. The number of hydrogen-bond donors (Lipinski definition) is 2. The van der Waals surface area contributed by atoms with Gasteiger partial charge in [-0.3, -0.25) is 9.59 Å². The van der Waals surface area contributed by atoms with Crippen LogP contribution < -0.4 is 10.2 Å². The van der Waals surface area contributed by atoms with E-state index in [1.54, 1.807) is 12.3 Å². The molecule has 0 aliphatic rings. The van der Waals surface area contributed by atoms with Gasteiger partial charge >= 0.3 is 10.8 Å². The van der Waals surface area contributed by atoms with Crippen LogP contribution in [0.3, 0.4) is 0 Å². The van der Waals surface area contributed by atoms with E-state index in [1.807, 2.05) is 0 Å². The molecule has 1 heterocycles. The molecule has 0 bridgehead atoms. The fraction of sp³-hybridized carbons (Fsp3) is 0.444. The van der Waals surface area contributed by atoms with Gasteiger partial charge in [0.2, 0.25) is 5.91 Å². The van der Waals surface area contributed by atoms with Crippen molar-refractivity contribution in [2.24, 2.45) is 0 Å². The summed E-state index contributed by atoms with van der Waals surface area (Å²) in [5.74, 6) is -1.60. The van der Waals surface area contributed by atoms with E-state index >= 15 is 0 Å². The van der Waals surface area contributed by atoms with Crippen LogP contribution in [0.4, 0.5) is 0 Å². The molecule has 7 heteroatoms. The molecule has 0 spiro atoms. The highest BCUT2D eigenvalue weighted by atomic mass is 32.1. The number of carboxylic acid groups (broad SMARTS) is 1. The number of carbonyl (C=O) groups is 2. The van der Waals surface area contributed by atoms with Crippen LogP contribution in [-0.2, 0) is 16.1 Å². The molecule has 16 heavy (non-hydrogen) atoms. The van der Waals surface area contributed by atoms with E-state index in [-0.39, 0.29) is 11.4 Å². The van der Waals surface area contributed by atoms with Crippen molar-refractivity contribution in [2.45, 2.75) is 26.4 Å². The second kappa shape index (κ2) is 4.93. The molecular weight excluding hydrogens is 232 g/mol. The number of aryl methyl sites for hydroxylation is 1. The smallest absolute Gasteiger partial charge is 0.328 e. The maximum Gasteiger partial charge on any atom is 0.328 e. The summed E-state index contributed by atoms with van der Waals surface area (Å²) >= 11 is 1.01. The molecule has 88 valence electrons. The number of hydrogen-bond acceptors (Lipinski definition) is 4. The molecule has 0 fully saturated rings. The first-order valence-electron chi connectivity index (χ1n) is 4.56. The molecule has 0 radical (unpaired) electrons. The summed E-state index contributed by atoms with van der Waals surface area (Å²) in [6.45, 7) is 2.90. The maximum atomic E-state index is 11.4. The van der Waals surface area contributed by atoms with Crippen molar-refractivity contribution in [2.75, 3.05) is 0 Å². The zero-order valence-corrected chi connectivity index (χ0v) is 9.71. The normalized spacial score (nSPS) is 12.1. The Bertz CT molecular complexity index is 462. The zero-order valence-electron chi connectivity index (χ0n) is 8.89. The van der Waals surface area contributed by atoms with Gasteiger partial charge in [0, 0.05) is 18.0 Å². The van der Waals surface area contributed by atoms with Gasteiger partial charge in [0.05, 0.1) is 6.54 Å². The fourth-order valence-electron chi connectivity index (χ4n) is 1.24. The van der Waals surface area contributed by atoms with E-state index in [0.717, 1.165) is 11.3 Å². The average Bonchev–Trinajstić information content (AvgIpc) is 2.47. The molecular formula is C9H12N2O4S. The van der Waals surface area contributed by atoms with Gasteiger partial charge in [0.1, 0.15) is 6.04 Å². The summed E-state index contributed by atoms with van der Waals surface area (Å²) < 4.78 is 1.33. The molecule has 1 unspecified atom stereocenters. The standard InChI is InChI=1S/C9H12N2O4S/c1-5-4-16-9(15)11(5)3-7(8(13)14)10-6(2)12/h4,7H,3H2,1-2H3,(H,10,12)(H,13,14). The minimum Gasteiger partial charge on any atom is -0.480 e. The third-order valence-electron chi connectivity index (χ3n) is 2.02. The van der Waals surface area contributed by atoms with E-state index in [0.29, 0.717) is 5.69 Å². The highest BCUT2D eigenvalue weighted by Gasteiger charge is 2.20. The third-order valence-corrected chi connectivity index (χ3v) is 2.90. The Morgan fingerprint density at radius 1 is 1.62 bits per heavy atom. The monoisotopic (exact) mass is 244 g/mol. The minimum absolute atomic E-state index is 0.0525. The van der Waals surface area contributed by atoms with E-state index in [1.165, 1.54) is 11.5 Å². The number of rotatable bonds is 4. The van der Waals surface area contributed by atoms with E-state index < -0.39 is 17.9 Å². The van der Waals surface area contributed by atoms with Crippen molar-refractivity contribution < 1.29 is 14.7 Å². The van der Waals surface area contributed by atoms with E-state index in [9.17, 15) is 14.4 Å². The molecule has 1 aromatic rings. The Balaban J connectivity index is 2.88. The number of thiazole rings is 1. The first-order valence-corrected chi connectivity index (χ1v) is 5.44. The summed E-state index contributed by atoms with van der Waals surface area (Å²) in [6, 6.07) is -1.08. The molecule has 0 saturated heterocycles. The van der Waals surface area contributed by atoms with Crippen LogP contribution in [0.2, 0.25) is 0 Å². The predicted molar refractivity (Wildman–Crippen MR) is 58.6 cm³/mol. The second-order valence-corrected chi connectivity index (χ2v) is 4.17. The van der Waals surface area contributed by atoms with Crippen LogP contribution in [0.1, 0.15) is 12.6 Å². The van der Waals surface area contributed by atoms with Gasteiger partial charge in [0.15, 0.2) is 0 Å². The molecule has 0 aliphatic carbocycles. The topological polar surface area (TPSA) is 88.4 Å². The summed E-state index contributed by atoms with van der Waals surface area (Å²) in [5.41, 5.74) is 0.687. The lowest BCUT2D eigenvalue weighted by Gasteiger charge is -2.14. The maximum absolute atomic E-state index is 11.4. The minimum atomic E-state index is -1.16. The third kappa shape index (κ3) is 2.93. The van der Waals surface area contributed by atoms with E-state index in [4.69, 9.17) is 5.11 Å². The van der Waals surface area contributed by atoms with Crippen molar-refractivity contribution in [3.05, 3.63) is 20.7 Å². The van der Waals surface area contributed by atoms with Gasteiger partial charge in [-0.05, 0) is 6.92 Å². The van der Waals surface area contributed by atoms with Crippen LogP contribution >= 0.6 is 11.3 Å². The number of nitrogens with zero attached hydrogens (tertiary/aromatic N) is 1. The van der Waals surface area contributed by atoms with Crippen molar-refractivity contribution in [3.63, 3.8) is 0 Å². The number of carbonyl (C=O) groups excluding carboxylic acids is 1. The van der Waals surface area contributed by atoms with Gasteiger partial charge in [-0.15, -0.1) is 0 Å². The molecule has 1 aromatic heterocycles. The van der Waals surface area contributed by atoms with Gasteiger partial charge in [0.25, 0.3) is 0 Å². The second-order valence-electron chi connectivity index (χ2n) is 3.34. The van der Waals surface area contributed by atoms with Crippen molar-refractivity contribution >= 4 is 23.2 Å². The lowest BCUT2D eigenvalue weighted by atomic mass is 10.3. The van der Waals surface area contributed by atoms with Crippen LogP contribution in [0.15, 0.2) is 10.2 Å². The van der Waals surface area contributed by atoms with Crippen molar-refractivity contribution in [1.29, 1.82) is 0 Å². The van der Waals surface area contributed by atoms with Gasteiger partial charge in [-0.25, -0.2) is 4.79 Å². The van der Waals surface area contributed by atoms with Crippen LogP contribution in [0.5, 0.6) is 0 Å². The number of aliphatic carboxylic acids is 1. The van der Waals surface area contributed by atoms with Crippen LogP contribution in [-0.4, -0.2) is 27.6 Å². The number of aromatic nitrogens is 1. The van der Waals surface area contributed by atoms with Gasteiger partial charge in [-0.2, -0.15) is 0 Å². The molecule has 0 aromatic carbocycles. The molecule has 1 amide bonds. The first-order chi connectivity index (χ1) is 7.41. The number of nitrogens with one attached hydrogen (secondary N) is 1. The Hall–Kier alpha value is -1.63. The van der Waals surface area contributed by atoms with Crippen molar-refractivity contribution in [3.8, 4) is 0 Å². The lowest BCUT2D eigenvalue weighted by Crippen LogP contribution is -2.44. The van der Waals surface area contributed by atoms with Gasteiger partial charge < -0.3 is 15.0 Å².